The number of ether oxygens (including phenoxy) is 1. The second kappa shape index (κ2) is 5.66. The molecule has 1 aromatic carbocycles. The second-order valence-corrected chi connectivity index (χ2v) is 5.00. The van der Waals surface area contributed by atoms with Gasteiger partial charge in [-0.3, -0.25) is 10.2 Å². The van der Waals surface area contributed by atoms with E-state index in [1.54, 1.807) is 6.07 Å². The largest absolute Gasteiger partial charge is 0.459 e. The number of aliphatic hydroxyl groups excluding tert-OH is 1. The molecule has 0 fully saturated rings. The highest BCUT2D eigenvalue weighted by molar-refractivity contribution is 5.84. The number of nitrogens with zero attached hydrogens (tertiary/aromatic N) is 1. The minimum absolute atomic E-state index is 0.0243. The third-order valence-electron chi connectivity index (χ3n) is 3.63. The lowest BCUT2D eigenvalue weighted by molar-refractivity contribution is 0.230. The molecular weight excluding hydrogens is 303 g/mol. The van der Waals surface area contributed by atoms with Crippen LogP contribution in [0.4, 0.5) is 4.39 Å². The second-order valence-electron chi connectivity index (χ2n) is 5.00. The number of nitriles is 1. The molecule has 0 spiro atoms. The Morgan fingerprint density at radius 2 is 2.13 bits per heavy atom. The molecule has 0 saturated carbocycles. The van der Waals surface area contributed by atoms with Crippen molar-refractivity contribution in [1.82, 2.24) is 0 Å². The van der Waals surface area contributed by atoms with Crippen LogP contribution in [0, 0.1) is 28.5 Å². The van der Waals surface area contributed by atoms with E-state index >= 15 is 0 Å². The first-order chi connectivity index (χ1) is 11.1. The zero-order chi connectivity index (χ0) is 16.6. The quantitative estimate of drug-likeness (QED) is 0.880. The van der Waals surface area contributed by atoms with Gasteiger partial charge >= 0.3 is 0 Å². The van der Waals surface area contributed by atoms with Crippen molar-refractivity contribution in [1.29, 1.82) is 10.7 Å². The highest BCUT2D eigenvalue weighted by Gasteiger charge is 2.41. The Bertz CT molecular complexity index is 884. The first kappa shape index (κ1) is 14.9. The summed E-state index contributed by atoms with van der Waals surface area (Å²) in [5.41, 5.74) is -0.482. The lowest BCUT2D eigenvalue weighted by Crippen LogP contribution is -2.34. The highest BCUT2D eigenvalue weighted by atomic mass is 19.1. The number of hydrogen-bond acceptors (Lipinski definition) is 6. The average molecular weight is 314 g/mol. The van der Waals surface area contributed by atoms with Crippen molar-refractivity contribution in [3.63, 3.8) is 0 Å². The summed E-state index contributed by atoms with van der Waals surface area (Å²) in [4.78, 5) is 12.1. The van der Waals surface area contributed by atoms with E-state index in [4.69, 9.17) is 14.6 Å². The molecule has 0 saturated heterocycles. The van der Waals surface area contributed by atoms with E-state index in [0.717, 1.165) is 6.07 Å². The van der Waals surface area contributed by atoms with Gasteiger partial charge in [-0.2, -0.15) is 5.26 Å². The van der Waals surface area contributed by atoms with Crippen molar-refractivity contribution in [3.8, 4) is 11.8 Å². The van der Waals surface area contributed by atoms with Gasteiger partial charge in [0.1, 0.15) is 24.1 Å². The number of fused-ring (bicyclic) bond motifs is 1. The van der Waals surface area contributed by atoms with Crippen molar-refractivity contribution in [2.24, 2.45) is 5.92 Å². The zero-order valence-corrected chi connectivity index (χ0v) is 11.7. The Morgan fingerprint density at radius 3 is 2.78 bits per heavy atom. The van der Waals surface area contributed by atoms with Crippen molar-refractivity contribution in [2.75, 3.05) is 0 Å². The third kappa shape index (κ3) is 2.39. The molecule has 0 radical (unpaired) electrons. The molecule has 1 aromatic heterocycles. The van der Waals surface area contributed by atoms with Crippen molar-refractivity contribution in [3.05, 3.63) is 63.5 Å². The fraction of sp³-hybridized carbons (Fsp3) is 0.188. The number of rotatable bonds is 2. The van der Waals surface area contributed by atoms with Gasteiger partial charge in [0.05, 0.1) is 12.0 Å². The summed E-state index contributed by atoms with van der Waals surface area (Å²) in [5.74, 6) is -3.52. The Kier molecular flexibility index (Phi) is 3.68. The summed E-state index contributed by atoms with van der Waals surface area (Å²) in [5, 5.41) is 26.4. The molecule has 2 N–H and O–H groups in total. The van der Waals surface area contributed by atoms with Crippen LogP contribution in [0.3, 0.4) is 0 Å². The van der Waals surface area contributed by atoms with Gasteiger partial charge in [-0.1, -0.05) is 18.2 Å². The number of aliphatic hydroxyl groups is 1. The first-order valence-electron chi connectivity index (χ1n) is 6.75. The van der Waals surface area contributed by atoms with E-state index in [1.807, 2.05) is 6.07 Å². The molecule has 2 atom stereocenters. The third-order valence-corrected chi connectivity index (χ3v) is 3.63. The molecule has 2 heterocycles. The van der Waals surface area contributed by atoms with Gasteiger partial charge in [-0.05, 0) is 6.07 Å². The fourth-order valence-electron chi connectivity index (χ4n) is 2.59. The minimum atomic E-state index is -1.14. The molecule has 2 aromatic rings. The van der Waals surface area contributed by atoms with Crippen LogP contribution < -0.4 is 10.2 Å². The van der Waals surface area contributed by atoms with E-state index in [9.17, 15) is 19.6 Å². The summed E-state index contributed by atoms with van der Waals surface area (Å²) in [6, 6.07) is 8.68. The van der Waals surface area contributed by atoms with Crippen LogP contribution in [-0.2, 0) is 6.61 Å². The smallest absolute Gasteiger partial charge is 0.228 e. The summed E-state index contributed by atoms with van der Waals surface area (Å²) in [6.45, 7) is -0.527. The van der Waals surface area contributed by atoms with Crippen LogP contribution in [0.5, 0.6) is 5.75 Å². The van der Waals surface area contributed by atoms with Gasteiger partial charge in [0.2, 0.25) is 17.1 Å². The first-order valence-corrected chi connectivity index (χ1v) is 6.75. The van der Waals surface area contributed by atoms with E-state index in [1.165, 1.54) is 18.2 Å². The van der Waals surface area contributed by atoms with Gasteiger partial charge in [0, 0.05) is 11.6 Å². The predicted molar refractivity (Wildman–Crippen MR) is 76.6 cm³/mol. The average Bonchev–Trinajstić information content (AvgIpc) is 2.55. The molecule has 2 unspecified atom stereocenters. The fourth-order valence-corrected chi connectivity index (χ4v) is 2.59. The molecule has 116 valence electrons. The van der Waals surface area contributed by atoms with Crippen LogP contribution >= 0.6 is 0 Å². The maximum atomic E-state index is 14.2. The minimum Gasteiger partial charge on any atom is -0.459 e. The maximum absolute atomic E-state index is 14.2. The number of hydrogen-bond donors (Lipinski definition) is 2. The normalized spacial score (nSPS) is 19.6. The van der Waals surface area contributed by atoms with Gasteiger partial charge in [0.25, 0.3) is 0 Å². The Morgan fingerprint density at radius 1 is 1.39 bits per heavy atom. The summed E-state index contributed by atoms with van der Waals surface area (Å²) >= 11 is 0. The molecule has 23 heavy (non-hydrogen) atoms. The van der Waals surface area contributed by atoms with Crippen LogP contribution in [0.25, 0.3) is 0 Å². The van der Waals surface area contributed by atoms with Crippen LogP contribution in [0.15, 0.2) is 39.5 Å². The van der Waals surface area contributed by atoms with Crippen molar-refractivity contribution >= 4 is 5.90 Å². The Balaban J connectivity index is 2.31. The van der Waals surface area contributed by atoms with E-state index in [0.29, 0.717) is 0 Å². The maximum Gasteiger partial charge on any atom is 0.228 e. The summed E-state index contributed by atoms with van der Waals surface area (Å²) in [7, 11) is 0. The number of benzene rings is 1. The topological polar surface area (TPSA) is 107 Å². The molecule has 3 rings (SSSR count). The Hall–Kier alpha value is -2.98. The lowest BCUT2D eigenvalue weighted by atomic mass is 9.82. The SMILES string of the molecule is N#CC1C(=N)Oc2c(oc(CO)cc2=O)C1c1ccccc1F. The van der Waals surface area contributed by atoms with Gasteiger partial charge in [0.15, 0.2) is 5.76 Å². The van der Waals surface area contributed by atoms with Gasteiger partial charge in [-0.25, -0.2) is 4.39 Å². The van der Waals surface area contributed by atoms with E-state index < -0.39 is 35.6 Å². The van der Waals surface area contributed by atoms with Crippen LogP contribution in [-0.4, -0.2) is 11.0 Å². The molecule has 0 aliphatic carbocycles. The highest BCUT2D eigenvalue weighted by Crippen LogP contribution is 2.41. The molecular formula is C16H11FN2O4. The van der Waals surface area contributed by atoms with Gasteiger partial charge in [-0.15, -0.1) is 0 Å². The van der Waals surface area contributed by atoms with Crippen LogP contribution in [0.2, 0.25) is 0 Å². The molecule has 1 aliphatic rings. The number of nitrogens with one attached hydrogen (secondary N) is 1. The van der Waals surface area contributed by atoms with E-state index in [2.05, 4.69) is 0 Å². The van der Waals surface area contributed by atoms with E-state index in [-0.39, 0.29) is 22.8 Å². The van der Waals surface area contributed by atoms with Crippen LogP contribution in [0.1, 0.15) is 23.0 Å². The monoisotopic (exact) mass is 314 g/mol. The Labute approximate surface area is 129 Å². The molecule has 1 aliphatic heterocycles. The van der Waals surface area contributed by atoms with Gasteiger partial charge < -0.3 is 14.3 Å². The summed E-state index contributed by atoms with van der Waals surface area (Å²) < 4.78 is 24.7. The number of halogens is 1. The molecule has 0 amide bonds. The van der Waals surface area contributed by atoms with Crippen molar-refractivity contribution in [2.45, 2.75) is 12.5 Å². The zero-order valence-electron chi connectivity index (χ0n) is 11.7. The molecule has 0 bridgehead atoms. The predicted octanol–water partition coefficient (Wildman–Crippen LogP) is 1.91. The molecule has 6 nitrogen and oxygen atoms in total. The van der Waals surface area contributed by atoms with Crippen molar-refractivity contribution < 1.29 is 18.7 Å². The lowest BCUT2D eigenvalue weighted by Gasteiger charge is -2.28. The summed E-state index contributed by atoms with van der Waals surface area (Å²) in [6.07, 6.45) is 0. The standard InChI is InChI=1S/C16H11FN2O4/c17-11-4-2-1-3-9(11)13-10(6-18)16(19)23-14-12(21)5-8(7-20)22-15(13)14/h1-5,10,13,19-20H,7H2. The molecule has 7 heteroatoms.